The van der Waals surface area contributed by atoms with Gasteiger partial charge in [0.1, 0.15) is 22.3 Å². The Morgan fingerprint density at radius 3 is 1.70 bits per heavy atom. The van der Waals surface area contributed by atoms with Gasteiger partial charge >= 0.3 is 0 Å². The van der Waals surface area contributed by atoms with Gasteiger partial charge in [-0.2, -0.15) is 0 Å². The molecule has 7 nitrogen and oxygen atoms in total. The summed E-state index contributed by atoms with van der Waals surface area (Å²) in [7, 11) is 0. The molecule has 396 valence electrons. The molecule has 2 aliphatic rings. The lowest BCUT2D eigenvalue weighted by molar-refractivity contribution is 0.590. The van der Waals surface area contributed by atoms with Crippen LogP contribution in [0.25, 0.3) is 99.1 Å². The number of aromatic nitrogens is 2. The molecule has 0 N–H and O–H groups in total. The molecule has 1 unspecified atom stereocenters. The van der Waals surface area contributed by atoms with Crippen molar-refractivity contribution in [2.45, 2.75) is 51.4 Å². The molecule has 15 aromatic rings. The topological polar surface area (TPSA) is 71.7 Å². The van der Waals surface area contributed by atoms with Gasteiger partial charge in [0.25, 0.3) is 0 Å². The highest BCUT2D eigenvalue weighted by atomic mass is 16.3. The Kier molecular flexibility index (Phi) is 9.96. The number of nitrogens with zero attached hydrogens (tertiary/aromatic N) is 4. The highest BCUT2D eigenvalue weighted by molar-refractivity contribution is 6.21. The molecule has 17 rings (SSSR count). The number of furan rings is 3. The van der Waals surface area contributed by atoms with Gasteiger partial charge in [-0.1, -0.05) is 144 Å². The van der Waals surface area contributed by atoms with E-state index in [-0.39, 0.29) is 5.41 Å². The van der Waals surface area contributed by atoms with E-state index in [9.17, 15) is 0 Å². The summed E-state index contributed by atoms with van der Waals surface area (Å²) < 4.78 is 20.6. The van der Waals surface area contributed by atoms with E-state index in [4.69, 9.17) is 13.3 Å². The lowest BCUT2D eigenvalue weighted by atomic mass is 9.70. The number of hydrogen-bond donors (Lipinski definition) is 0. The van der Waals surface area contributed by atoms with Crippen molar-refractivity contribution in [3.8, 4) is 22.3 Å². The monoisotopic (exact) mass is 1070 g/mol. The first kappa shape index (κ1) is 47.6. The molecule has 2 aliphatic carbocycles. The normalized spacial score (nSPS) is 14.5. The minimum Gasteiger partial charge on any atom is -0.455 e. The van der Waals surface area contributed by atoms with Gasteiger partial charge < -0.3 is 23.1 Å². The summed E-state index contributed by atoms with van der Waals surface area (Å²) in [6, 6.07) is 80.3. The number of hydrogen-bond acceptors (Lipinski definition) is 7. The third kappa shape index (κ3) is 6.79. The summed E-state index contributed by atoms with van der Waals surface area (Å²) in [4.78, 5) is 14.1. The van der Waals surface area contributed by atoms with Crippen LogP contribution < -0.4 is 9.80 Å². The van der Waals surface area contributed by atoms with E-state index >= 15 is 0 Å². The molecule has 5 aromatic heterocycles. The van der Waals surface area contributed by atoms with Crippen LogP contribution in [0, 0.1) is 0 Å². The van der Waals surface area contributed by atoms with E-state index < -0.39 is 5.41 Å². The van der Waals surface area contributed by atoms with Crippen molar-refractivity contribution in [1.29, 1.82) is 0 Å². The smallest absolute Gasteiger partial charge is 0.227 e. The van der Waals surface area contributed by atoms with Crippen molar-refractivity contribution in [3.05, 3.63) is 264 Å². The molecule has 1 spiro atoms. The van der Waals surface area contributed by atoms with Gasteiger partial charge in [-0.3, -0.25) is 0 Å². The first-order chi connectivity index (χ1) is 40.6. The lowest BCUT2D eigenvalue weighted by Crippen LogP contribution is -2.26. The molecule has 5 heterocycles. The van der Waals surface area contributed by atoms with Crippen LogP contribution in [0.3, 0.4) is 0 Å². The summed E-state index contributed by atoms with van der Waals surface area (Å²) >= 11 is 0. The van der Waals surface area contributed by atoms with E-state index in [1.54, 1.807) is 12.4 Å². The third-order valence-corrected chi connectivity index (χ3v) is 17.9. The quantitative estimate of drug-likeness (QED) is 0.157. The van der Waals surface area contributed by atoms with Crippen LogP contribution in [-0.4, -0.2) is 9.97 Å². The van der Waals surface area contributed by atoms with E-state index in [2.05, 4.69) is 261 Å². The predicted octanol–water partition coefficient (Wildman–Crippen LogP) is 21.0. The largest absolute Gasteiger partial charge is 0.455 e. The van der Waals surface area contributed by atoms with Crippen molar-refractivity contribution >= 4 is 111 Å². The molecule has 0 bridgehead atoms. The maximum Gasteiger partial charge on any atom is 0.227 e. The highest BCUT2D eigenvalue weighted by Gasteiger charge is 2.54. The molecule has 0 saturated carbocycles. The third-order valence-electron chi connectivity index (χ3n) is 17.9. The van der Waals surface area contributed by atoms with Crippen molar-refractivity contribution in [1.82, 2.24) is 9.97 Å². The predicted molar refractivity (Wildman–Crippen MR) is 340 cm³/mol. The summed E-state index contributed by atoms with van der Waals surface area (Å²) in [5.41, 5.74) is 21.6. The molecule has 0 aliphatic heterocycles. The number of rotatable bonds is 7. The molecular formula is C76H54N4O3. The minimum atomic E-state index is -0.823. The molecule has 0 amide bonds. The molecule has 0 fully saturated rings. The first-order valence-electron chi connectivity index (χ1n) is 28.7. The molecule has 10 aromatic carbocycles. The number of benzene rings is 10. The van der Waals surface area contributed by atoms with E-state index in [1.165, 1.54) is 49.7 Å². The Bertz CT molecular complexity index is 5190. The average molecular weight is 1070 g/mol. The number of para-hydroxylation sites is 1. The molecule has 0 saturated heterocycles. The van der Waals surface area contributed by atoms with Gasteiger partial charge in [-0.15, -0.1) is 0 Å². The van der Waals surface area contributed by atoms with E-state index in [1.807, 2.05) is 12.1 Å². The van der Waals surface area contributed by atoms with Crippen LogP contribution in [0.4, 0.5) is 34.1 Å². The van der Waals surface area contributed by atoms with Crippen molar-refractivity contribution in [2.24, 2.45) is 0 Å². The summed E-state index contributed by atoms with van der Waals surface area (Å²) in [5.74, 6) is 0.373. The molecule has 7 heteroatoms. The van der Waals surface area contributed by atoms with Gasteiger partial charge in [0.2, 0.25) is 11.4 Å². The van der Waals surface area contributed by atoms with E-state index in [0.29, 0.717) is 17.3 Å². The van der Waals surface area contributed by atoms with Crippen LogP contribution in [0.1, 0.15) is 73.9 Å². The first-order valence-corrected chi connectivity index (χ1v) is 28.7. The fourth-order valence-electron chi connectivity index (χ4n) is 14.1. The number of anilines is 6. The van der Waals surface area contributed by atoms with Crippen LogP contribution in [0.5, 0.6) is 0 Å². The summed E-state index contributed by atoms with van der Waals surface area (Å²) in [5, 5.41) is 8.52. The zero-order valence-corrected chi connectivity index (χ0v) is 46.5. The fourth-order valence-corrected chi connectivity index (χ4v) is 14.1. The standard InChI is InChI=1S/C76H54N4O3/c1-44(2)45-22-27-48(28-23-45)79(51-31-34-54-56-18-12-38-77-73(56)82-67(54)41-51)50-33-36-59-63(40-50)76(61-20-10-8-16-58(61)69-53-15-7-6-14-46(53)24-37-62(69)76)64-43-65(71-60-17-9-11-21-66(60)81-72(71)70(59)64)80(49-29-25-47(26-30-49)75(3,4)5)52-32-35-55-57-19-13-39-78-74(57)83-68(55)42-52/h6-44H,1-5H3. The second-order valence-electron chi connectivity index (χ2n) is 23.8. The zero-order chi connectivity index (χ0) is 55.5. The number of pyridine rings is 2. The van der Waals surface area contributed by atoms with Gasteiger partial charge in [-0.25, -0.2) is 9.97 Å². The SMILES string of the molecule is CC(C)c1ccc(N(c2ccc3c(c2)C2(c4ccccc4-c4c2ccc2ccccc42)c2cc(N(c4ccc(C(C)(C)C)cc4)c4ccc5c(c4)oc4ncccc45)c4c(oc5ccccc54)c2-3)c2ccc3c(c2)oc2ncccc23)cc1. The maximum atomic E-state index is 7.47. The minimum absolute atomic E-state index is 0.0552. The average Bonchev–Trinajstić information content (AvgIpc) is 1.58. The molecular weight excluding hydrogens is 1020 g/mol. The van der Waals surface area contributed by atoms with Gasteiger partial charge in [-0.05, 0) is 169 Å². The number of fused-ring (bicyclic) bond motifs is 22. The highest BCUT2D eigenvalue weighted by Crippen LogP contribution is 2.67. The molecule has 1 atom stereocenters. The second kappa shape index (κ2) is 17.4. The van der Waals surface area contributed by atoms with Gasteiger partial charge in [0.05, 0.1) is 16.5 Å². The van der Waals surface area contributed by atoms with Crippen LogP contribution in [0.2, 0.25) is 0 Å². The Hall–Kier alpha value is -10.2. The lowest BCUT2D eigenvalue weighted by Gasteiger charge is -2.33. The molecule has 83 heavy (non-hydrogen) atoms. The zero-order valence-electron chi connectivity index (χ0n) is 46.5. The van der Waals surface area contributed by atoms with Crippen molar-refractivity contribution in [3.63, 3.8) is 0 Å². The summed E-state index contributed by atoms with van der Waals surface area (Å²) in [6.45, 7) is 11.3. The van der Waals surface area contributed by atoms with Gasteiger partial charge in [0.15, 0.2) is 0 Å². The van der Waals surface area contributed by atoms with Gasteiger partial charge in [0, 0.05) is 85.5 Å². The van der Waals surface area contributed by atoms with Crippen LogP contribution in [-0.2, 0) is 10.8 Å². The Morgan fingerprint density at radius 2 is 0.988 bits per heavy atom. The fraction of sp³-hybridized carbons (Fsp3) is 0.105. The van der Waals surface area contributed by atoms with Crippen LogP contribution >= 0.6 is 0 Å². The Balaban J connectivity index is 0.989. The van der Waals surface area contributed by atoms with E-state index in [0.717, 1.165) is 105 Å². The second-order valence-corrected chi connectivity index (χ2v) is 23.8. The van der Waals surface area contributed by atoms with Crippen molar-refractivity contribution in [2.75, 3.05) is 9.80 Å². The Labute approximate surface area is 479 Å². The molecule has 0 radical (unpaired) electrons. The van der Waals surface area contributed by atoms with Crippen LogP contribution in [0.15, 0.2) is 244 Å². The van der Waals surface area contributed by atoms with Crippen molar-refractivity contribution < 1.29 is 13.3 Å². The maximum absolute atomic E-state index is 7.47. The summed E-state index contributed by atoms with van der Waals surface area (Å²) in [6.07, 6.45) is 3.58. The Morgan fingerprint density at radius 1 is 0.410 bits per heavy atom.